The summed E-state index contributed by atoms with van der Waals surface area (Å²) in [6.45, 7) is 0. The molecule has 1 amide bonds. The molecule has 13 heteroatoms. The van der Waals surface area contributed by atoms with Gasteiger partial charge in [-0.05, 0) is 132 Å². The van der Waals surface area contributed by atoms with Crippen molar-refractivity contribution < 1.29 is 9.59 Å². The fraction of sp³-hybridized carbons (Fsp3) is 0.0682. The van der Waals surface area contributed by atoms with Crippen molar-refractivity contribution in [3.63, 3.8) is 0 Å². The number of aliphatic imine (C=N–C) groups is 1. The molecule has 6 aromatic heterocycles. The third kappa shape index (κ3) is 7.68. The largest absolute Gasteiger partial charge is 0.380 e. The quantitative estimate of drug-likeness (QED) is 0.133. The van der Waals surface area contributed by atoms with Crippen LogP contribution in [0.25, 0.3) is 66.6 Å². The molecule has 282 valence electrons. The summed E-state index contributed by atoms with van der Waals surface area (Å²) in [5.74, 6) is 0.619. The van der Waals surface area contributed by atoms with E-state index in [4.69, 9.17) is 0 Å². The lowest BCUT2D eigenvalue weighted by Gasteiger charge is -2.10. The maximum absolute atomic E-state index is 12.7. The van der Waals surface area contributed by atoms with Crippen LogP contribution >= 0.6 is 84.0 Å². The highest BCUT2D eigenvalue weighted by atomic mass is 79.9. The Hall–Kier alpha value is -4.73. The molecule has 57 heavy (non-hydrogen) atoms. The van der Waals surface area contributed by atoms with Gasteiger partial charge in [0.25, 0.3) is 5.91 Å². The lowest BCUT2D eigenvalue weighted by atomic mass is 10.2. The molecular formula is C44H31BrN4O2S6. The van der Waals surface area contributed by atoms with Crippen LogP contribution in [0.3, 0.4) is 0 Å². The monoisotopic (exact) mass is 918 g/mol. The van der Waals surface area contributed by atoms with Crippen LogP contribution in [0, 0.1) is 0 Å². The van der Waals surface area contributed by atoms with Gasteiger partial charge in [0.05, 0.1) is 18.7 Å². The van der Waals surface area contributed by atoms with Crippen molar-refractivity contribution in [3.8, 4) is 0 Å². The van der Waals surface area contributed by atoms with E-state index in [0.29, 0.717) is 11.5 Å². The van der Waals surface area contributed by atoms with Crippen LogP contribution in [-0.4, -0.2) is 44.1 Å². The number of amidine groups is 1. The van der Waals surface area contributed by atoms with Crippen LogP contribution in [0.1, 0.15) is 20.1 Å². The predicted molar refractivity (Wildman–Crippen MR) is 258 cm³/mol. The first-order chi connectivity index (χ1) is 27.7. The lowest BCUT2D eigenvalue weighted by Crippen LogP contribution is -2.28. The number of carbonyl (C=O) groups excluding carboxylic acids is 2. The third-order valence-electron chi connectivity index (χ3n) is 9.40. The minimum atomic E-state index is -0.0732. The van der Waals surface area contributed by atoms with E-state index < -0.39 is 0 Å². The van der Waals surface area contributed by atoms with Crippen molar-refractivity contribution in [1.82, 2.24) is 4.90 Å². The van der Waals surface area contributed by atoms with Crippen molar-refractivity contribution in [1.29, 1.82) is 0 Å². The molecule has 0 radical (unpaired) electrons. The molecule has 0 saturated carbocycles. The van der Waals surface area contributed by atoms with Gasteiger partial charge >= 0.3 is 0 Å². The number of benzene rings is 4. The average Bonchev–Trinajstić information content (AvgIpc) is 4.09. The number of nitrogens with zero attached hydrogens (tertiary/aromatic N) is 2. The van der Waals surface area contributed by atoms with Crippen LogP contribution in [0.15, 0.2) is 123 Å². The molecule has 7 heterocycles. The Morgan fingerprint density at radius 1 is 0.614 bits per heavy atom. The zero-order valence-electron chi connectivity index (χ0n) is 30.6. The molecule has 1 aliphatic rings. The smallest absolute Gasteiger partial charge is 0.277 e. The fourth-order valence-corrected chi connectivity index (χ4v) is 13.0. The van der Waals surface area contributed by atoms with Crippen LogP contribution in [0.2, 0.25) is 0 Å². The predicted octanol–water partition coefficient (Wildman–Crippen LogP) is 14.3. The Morgan fingerprint density at radius 2 is 1.16 bits per heavy atom. The maximum atomic E-state index is 12.7. The van der Waals surface area contributed by atoms with E-state index >= 15 is 0 Å². The summed E-state index contributed by atoms with van der Waals surface area (Å²) in [5, 5.41) is 18.3. The molecular weight excluding hydrogens is 889 g/mol. The Labute approximate surface area is 360 Å². The lowest BCUT2D eigenvalue weighted by molar-refractivity contribution is -0.121. The molecule has 0 unspecified atom stereocenters. The molecule has 2 N–H and O–H groups in total. The molecule has 0 aliphatic carbocycles. The van der Waals surface area contributed by atoms with Gasteiger partial charge in [0.15, 0.2) is 6.29 Å². The molecule has 11 rings (SSSR count). The molecule has 1 aliphatic heterocycles. The van der Waals surface area contributed by atoms with Gasteiger partial charge in [-0.3, -0.25) is 14.5 Å². The van der Waals surface area contributed by atoms with Crippen LogP contribution in [0.5, 0.6) is 0 Å². The second kappa shape index (κ2) is 15.9. The van der Waals surface area contributed by atoms with Crippen molar-refractivity contribution in [2.75, 3.05) is 31.8 Å². The zero-order valence-corrected chi connectivity index (χ0v) is 37.1. The number of fused-ring (bicyclic) bond motifs is 6. The Kier molecular flexibility index (Phi) is 10.6. The van der Waals surface area contributed by atoms with E-state index in [-0.39, 0.29) is 5.91 Å². The van der Waals surface area contributed by atoms with E-state index in [9.17, 15) is 9.59 Å². The second-order valence-corrected chi connectivity index (χ2v) is 20.9. The van der Waals surface area contributed by atoms with E-state index in [0.717, 1.165) is 32.0 Å². The number of halogens is 1. The Morgan fingerprint density at radius 3 is 1.81 bits per heavy atom. The van der Waals surface area contributed by atoms with E-state index in [1.54, 1.807) is 80.0 Å². The van der Waals surface area contributed by atoms with Gasteiger partial charge in [0.1, 0.15) is 11.5 Å². The summed E-state index contributed by atoms with van der Waals surface area (Å²) >= 11 is 13.8. The number of hydrogen-bond donors (Lipinski definition) is 2. The molecule has 4 aromatic carbocycles. The molecule has 0 fully saturated rings. The highest BCUT2D eigenvalue weighted by Gasteiger charge is 2.28. The van der Waals surface area contributed by atoms with Crippen LogP contribution < -0.4 is 10.6 Å². The van der Waals surface area contributed by atoms with Gasteiger partial charge in [-0.1, -0.05) is 30.3 Å². The normalized spacial score (nSPS) is 13.5. The summed E-state index contributed by atoms with van der Waals surface area (Å²) in [6, 6.07) is 35.8. The number of carbonyl (C=O) groups is 2. The second-order valence-electron chi connectivity index (χ2n) is 13.1. The van der Waals surface area contributed by atoms with E-state index in [1.165, 1.54) is 63.9 Å². The topological polar surface area (TPSA) is 73.8 Å². The minimum Gasteiger partial charge on any atom is -0.380 e. The van der Waals surface area contributed by atoms with Crippen molar-refractivity contribution in [2.45, 2.75) is 0 Å². The third-order valence-corrected chi connectivity index (χ3v) is 16.2. The fourth-order valence-electron chi connectivity index (χ4n) is 6.61. The van der Waals surface area contributed by atoms with Gasteiger partial charge < -0.3 is 10.6 Å². The number of rotatable bonds is 5. The van der Waals surface area contributed by atoms with E-state index in [2.05, 4.69) is 104 Å². The number of aldehydes is 1. The van der Waals surface area contributed by atoms with Crippen LogP contribution in [-0.2, 0) is 4.79 Å². The number of nitrogens with one attached hydrogen (secondary N) is 2. The number of anilines is 2. The van der Waals surface area contributed by atoms with Gasteiger partial charge in [0.2, 0.25) is 0 Å². The van der Waals surface area contributed by atoms with E-state index in [1.807, 2.05) is 56.6 Å². The van der Waals surface area contributed by atoms with Crippen LogP contribution in [0.4, 0.5) is 10.0 Å². The Balaban J connectivity index is 0.000000122. The molecule has 0 saturated heterocycles. The number of hydrogen-bond acceptors (Lipinski definition) is 11. The van der Waals surface area contributed by atoms with Crippen molar-refractivity contribution in [3.05, 3.63) is 133 Å². The summed E-state index contributed by atoms with van der Waals surface area (Å²) in [6.07, 6.45) is 2.81. The highest BCUT2D eigenvalue weighted by molar-refractivity contribution is 9.11. The summed E-state index contributed by atoms with van der Waals surface area (Å²) in [5.41, 5.74) is 1.42. The Bertz CT molecular complexity index is 3050. The molecule has 0 atom stereocenters. The standard InChI is InChI=1S/C22H17N3OS2.C12H9NOS2.C10H5BrS2/c1-23-20-10-15-8-14-9-16(27-18(14)12-19(15)28-20)11-17-22(26)25(2)21(24-17)13-6-4-3-5-7-13;1-13-12-4-8-2-7-3-9(6-14)15-10(7)5-11(8)16-12;11-10-4-7-3-6-1-2-12-8(6)5-9(7)13-10/h3-12,23H,1-2H3;2-6,13H,1H3;1-5H/b17-11+;;. The summed E-state index contributed by atoms with van der Waals surface area (Å²) in [7, 11) is 5.64. The number of thiophene rings is 6. The molecule has 0 bridgehead atoms. The molecule has 10 aromatic rings. The summed E-state index contributed by atoms with van der Waals surface area (Å²) < 4.78 is 8.87. The van der Waals surface area contributed by atoms with Crippen molar-refractivity contribution in [2.24, 2.45) is 4.99 Å². The van der Waals surface area contributed by atoms with Crippen molar-refractivity contribution >= 4 is 179 Å². The van der Waals surface area contributed by atoms with Gasteiger partial charge in [-0.15, -0.1) is 68.0 Å². The molecule has 6 nitrogen and oxygen atoms in total. The number of amides is 1. The number of likely N-dealkylation sites (N-methyl/N-ethyl adjacent to an activating group) is 1. The maximum Gasteiger partial charge on any atom is 0.277 e. The highest BCUT2D eigenvalue weighted by Crippen LogP contribution is 2.38. The first-order valence-corrected chi connectivity index (χ1v) is 23.5. The average molecular weight is 920 g/mol. The minimum absolute atomic E-state index is 0.0732. The zero-order chi connectivity index (χ0) is 39.2. The summed E-state index contributed by atoms with van der Waals surface area (Å²) in [4.78, 5) is 31.4. The SMILES string of the molecule is Brc1cc2cc3ccsc3cc2s1.CNc1cc2cc3cc(/C=C4/N=C(c5ccccc5)N(C)C4=O)sc3cc2s1.CNc1cc2cc3cc(C=O)sc3cc2s1. The van der Waals surface area contributed by atoms with Gasteiger partial charge in [-0.2, -0.15) is 0 Å². The van der Waals surface area contributed by atoms with Gasteiger partial charge in [0, 0.05) is 59.8 Å². The first-order valence-electron chi connectivity index (χ1n) is 17.7. The molecule has 0 spiro atoms. The first kappa shape index (κ1) is 37.8. The van der Waals surface area contributed by atoms with Gasteiger partial charge in [-0.25, -0.2) is 4.99 Å².